The molecule has 1 fully saturated rings. The molecular formula is C12H22N2O3. The van der Waals surface area contributed by atoms with E-state index in [2.05, 4.69) is 17.6 Å². The maximum absolute atomic E-state index is 11.8. The second-order valence-electron chi connectivity index (χ2n) is 4.54. The third kappa shape index (κ3) is 4.34. The van der Waals surface area contributed by atoms with Gasteiger partial charge in [-0.25, -0.2) is 0 Å². The zero-order valence-corrected chi connectivity index (χ0v) is 10.8. The first-order valence-electron chi connectivity index (χ1n) is 6.27. The maximum Gasteiger partial charge on any atom is 0.308 e. The third-order valence-corrected chi connectivity index (χ3v) is 2.97. The number of nitrogens with one attached hydrogen (secondary N) is 2. The van der Waals surface area contributed by atoms with E-state index < -0.39 is 0 Å². The lowest BCUT2D eigenvalue weighted by atomic mass is 10.1. The van der Waals surface area contributed by atoms with Gasteiger partial charge in [0.15, 0.2) is 0 Å². The Morgan fingerprint density at radius 3 is 2.82 bits per heavy atom. The molecule has 3 atom stereocenters. The van der Waals surface area contributed by atoms with E-state index in [1.165, 1.54) is 0 Å². The standard InChI is InChI=1S/C12H22N2O3/c1-4-5-6-13-8(2)12(16)14-10-7-11(15)17-9(10)3/h8-10,13H,4-7H2,1-3H3,(H,14,16)/t8-,9-,10-/m0/s1. The van der Waals surface area contributed by atoms with Crippen molar-refractivity contribution >= 4 is 11.9 Å². The van der Waals surface area contributed by atoms with Crippen LogP contribution in [0.25, 0.3) is 0 Å². The van der Waals surface area contributed by atoms with Crippen LogP contribution in [0.2, 0.25) is 0 Å². The van der Waals surface area contributed by atoms with Crippen molar-refractivity contribution in [1.29, 1.82) is 0 Å². The molecule has 17 heavy (non-hydrogen) atoms. The van der Waals surface area contributed by atoms with Crippen molar-refractivity contribution in [2.45, 2.75) is 58.2 Å². The number of ether oxygens (including phenoxy) is 1. The van der Waals surface area contributed by atoms with Gasteiger partial charge in [0.1, 0.15) is 6.10 Å². The molecule has 1 aliphatic heterocycles. The number of carbonyl (C=O) groups is 2. The molecule has 1 saturated heterocycles. The number of hydrogen-bond acceptors (Lipinski definition) is 4. The van der Waals surface area contributed by atoms with E-state index in [1.807, 2.05) is 6.92 Å². The topological polar surface area (TPSA) is 67.4 Å². The van der Waals surface area contributed by atoms with E-state index in [0.29, 0.717) is 0 Å². The summed E-state index contributed by atoms with van der Waals surface area (Å²) < 4.78 is 4.98. The summed E-state index contributed by atoms with van der Waals surface area (Å²) in [5, 5.41) is 5.98. The molecular weight excluding hydrogens is 220 g/mol. The Hall–Kier alpha value is -1.10. The fraction of sp³-hybridized carbons (Fsp3) is 0.833. The van der Waals surface area contributed by atoms with Crippen molar-refractivity contribution in [2.75, 3.05) is 6.54 Å². The van der Waals surface area contributed by atoms with Crippen molar-refractivity contribution in [3.63, 3.8) is 0 Å². The summed E-state index contributed by atoms with van der Waals surface area (Å²) in [5.74, 6) is -0.314. The van der Waals surface area contributed by atoms with Crippen LogP contribution in [-0.2, 0) is 14.3 Å². The molecule has 1 aliphatic rings. The van der Waals surface area contributed by atoms with Crippen molar-refractivity contribution in [2.24, 2.45) is 0 Å². The molecule has 0 aliphatic carbocycles. The summed E-state index contributed by atoms with van der Waals surface area (Å²) in [4.78, 5) is 22.8. The number of unbranched alkanes of at least 4 members (excludes halogenated alkanes) is 1. The molecule has 0 aromatic heterocycles. The van der Waals surface area contributed by atoms with Crippen LogP contribution in [-0.4, -0.2) is 36.6 Å². The first-order chi connectivity index (χ1) is 8.04. The van der Waals surface area contributed by atoms with Gasteiger partial charge in [-0.15, -0.1) is 0 Å². The zero-order valence-electron chi connectivity index (χ0n) is 10.8. The van der Waals surface area contributed by atoms with Gasteiger partial charge in [0.2, 0.25) is 5.91 Å². The summed E-state index contributed by atoms with van der Waals surface area (Å²) in [7, 11) is 0. The average Bonchev–Trinajstić information content (AvgIpc) is 2.57. The van der Waals surface area contributed by atoms with E-state index in [0.717, 1.165) is 19.4 Å². The second-order valence-corrected chi connectivity index (χ2v) is 4.54. The molecule has 0 radical (unpaired) electrons. The smallest absolute Gasteiger partial charge is 0.308 e. The Morgan fingerprint density at radius 1 is 1.59 bits per heavy atom. The first kappa shape index (κ1) is 14.0. The van der Waals surface area contributed by atoms with Gasteiger partial charge in [0.25, 0.3) is 0 Å². The Morgan fingerprint density at radius 2 is 2.29 bits per heavy atom. The van der Waals surface area contributed by atoms with Gasteiger partial charge in [0.05, 0.1) is 18.5 Å². The molecule has 1 heterocycles. The molecule has 0 saturated carbocycles. The van der Waals surface area contributed by atoms with Gasteiger partial charge < -0.3 is 15.4 Å². The Labute approximate surface area is 102 Å². The molecule has 5 heteroatoms. The monoisotopic (exact) mass is 242 g/mol. The zero-order chi connectivity index (χ0) is 12.8. The van der Waals surface area contributed by atoms with Gasteiger partial charge in [-0.3, -0.25) is 9.59 Å². The predicted molar refractivity (Wildman–Crippen MR) is 64.5 cm³/mol. The highest BCUT2D eigenvalue weighted by atomic mass is 16.6. The summed E-state index contributed by atoms with van der Waals surface area (Å²) in [6.07, 6.45) is 2.20. The highest BCUT2D eigenvalue weighted by molar-refractivity contribution is 5.83. The first-order valence-corrected chi connectivity index (χ1v) is 6.27. The van der Waals surface area contributed by atoms with E-state index in [4.69, 9.17) is 4.74 Å². The van der Waals surface area contributed by atoms with Crippen molar-refractivity contribution in [1.82, 2.24) is 10.6 Å². The molecule has 0 unspecified atom stereocenters. The Kier molecular flexibility index (Phi) is 5.41. The Bertz CT molecular complexity index is 281. The van der Waals surface area contributed by atoms with Crippen LogP contribution < -0.4 is 10.6 Å². The van der Waals surface area contributed by atoms with E-state index >= 15 is 0 Å². The Balaban J connectivity index is 2.30. The SMILES string of the molecule is CCCCN[C@@H](C)C(=O)N[C@H]1CC(=O)O[C@H]1C. The summed E-state index contributed by atoms with van der Waals surface area (Å²) in [5.41, 5.74) is 0. The third-order valence-electron chi connectivity index (χ3n) is 2.97. The molecule has 0 spiro atoms. The van der Waals surface area contributed by atoms with Crippen molar-refractivity contribution in [3.05, 3.63) is 0 Å². The number of rotatable bonds is 6. The summed E-state index contributed by atoms with van der Waals surface area (Å²) in [6, 6.07) is -0.421. The fourth-order valence-corrected chi connectivity index (χ4v) is 1.75. The van der Waals surface area contributed by atoms with Gasteiger partial charge in [-0.1, -0.05) is 13.3 Å². The number of hydrogen-bond donors (Lipinski definition) is 2. The van der Waals surface area contributed by atoms with Crippen molar-refractivity contribution < 1.29 is 14.3 Å². The number of amides is 1. The quantitative estimate of drug-likeness (QED) is 0.528. The summed E-state index contributed by atoms with van der Waals surface area (Å²) in [6.45, 7) is 6.56. The number of esters is 1. The maximum atomic E-state index is 11.8. The van der Waals surface area contributed by atoms with Gasteiger partial charge in [-0.05, 0) is 26.8 Å². The highest BCUT2D eigenvalue weighted by Gasteiger charge is 2.33. The number of carbonyl (C=O) groups excluding carboxylic acids is 2. The largest absolute Gasteiger partial charge is 0.460 e. The van der Waals surface area contributed by atoms with Crippen LogP contribution >= 0.6 is 0 Å². The predicted octanol–water partition coefficient (Wildman–Crippen LogP) is 0.585. The molecule has 98 valence electrons. The number of cyclic esters (lactones) is 1. The molecule has 0 aromatic carbocycles. The minimum Gasteiger partial charge on any atom is -0.460 e. The van der Waals surface area contributed by atoms with E-state index in [9.17, 15) is 9.59 Å². The van der Waals surface area contributed by atoms with Crippen LogP contribution in [0.1, 0.15) is 40.0 Å². The van der Waals surface area contributed by atoms with E-state index in [-0.39, 0.29) is 36.5 Å². The summed E-state index contributed by atoms with van der Waals surface area (Å²) >= 11 is 0. The van der Waals surface area contributed by atoms with E-state index in [1.54, 1.807) is 6.92 Å². The molecule has 0 bridgehead atoms. The second kappa shape index (κ2) is 6.59. The van der Waals surface area contributed by atoms with Crippen molar-refractivity contribution in [3.8, 4) is 0 Å². The minimum absolute atomic E-state index is 0.0729. The van der Waals surface area contributed by atoms with Crippen LogP contribution in [0.3, 0.4) is 0 Å². The molecule has 5 nitrogen and oxygen atoms in total. The molecule has 1 amide bonds. The molecule has 0 aromatic rings. The molecule has 1 rings (SSSR count). The molecule has 2 N–H and O–H groups in total. The van der Waals surface area contributed by atoms with Crippen LogP contribution in [0.4, 0.5) is 0 Å². The van der Waals surface area contributed by atoms with Crippen LogP contribution in [0, 0.1) is 0 Å². The van der Waals surface area contributed by atoms with Gasteiger partial charge in [0, 0.05) is 0 Å². The lowest BCUT2D eigenvalue weighted by Gasteiger charge is -2.19. The van der Waals surface area contributed by atoms with Gasteiger partial charge in [-0.2, -0.15) is 0 Å². The highest BCUT2D eigenvalue weighted by Crippen LogP contribution is 2.14. The van der Waals surface area contributed by atoms with Gasteiger partial charge >= 0.3 is 5.97 Å². The lowest BCUT2D eigenvalue weighted by Crippen LogP contribution is -2.48. The van der Waals surface area contributed by atoms with Crippen LogP contribution in [0.15, 0.2) is 0 Å². The lowest BCUT2D eigenvalue weighted by molar-refractivity contribution is -0.141. The minimum atomic E-state index is -0.241. The fourth-order valence-electron chi connectivity index (χ4n) is 1.75. The average molecular weight is 242 g/mol. The normalized spacial score (nSPS) is 25.5. The van der Waals surface area contributed by atoms with Crippen LogP contribution in [0.5, 0.6) is 0 Å².